The van der Waals surface area contributed by atoms with Gasteiger partial charge in [-0.2, -0.15) is 0 Å². The number of carbonyl (C=O) groups excluding carboxylic acids is 2. The van der Waals surface area contributed by atoms with Crippen molar-refractivity contribution in [3.63, 3.8) is 0 Å². The molecule has 1 atom stereocenters. The molecule has 86 valence electrons. The Balaban J connectivity index is 2.53. The Morgan fingerprint density at radius 1 is 1.40 bits per heavy atom. The van der Waals surface area contributed by atoms with Crippen LogP contribution in [0, 0.1) is 0 Å². The highest BCUT2D eigenvalue weighted by Gasteiger charge is 2.30. The van der Waals surface area contributed by atoms with Gasteiger partial charge in [-0.1, -0.05) is 0 Å². The maximum atomic E-state index is 11.4. The van der Waals surface area contributed by atoms with Crippen molar-refractivity contribution in [1.82, 2.24) is 4.90 Å². The highest BCUT2D eigenvalue weighted by Crippen LogP contribution is 2.16. The van der Waals surface area contributed by atoms with Gasteiger partial charge >= 0.3 is 0 Å². The largest absolute Gasteiger partial charge is 0.374 e. The molecule has 1 fully saturated rings. The van der Waals surface area contributed by atoms with E-state index in [-0.39, 0.29) is 29.8 Å². The van der Waals surface area contributed by atoms with Crippen LogP contribution >= 0.6 is 0 Å². The van der Waals surface area contributed by atoms with E-state index in [4.69, 9.17) is 4.74 Å². The maximum absolute atomic E-state index is 11.4. The number of hydrogen-bond acceptors (Lipinski definition) is 3. The molecule has 0 aliphatic carbocycles. The van der Waals surface area contributed by atoms with Gasteiger partial charge in [0.2, 0.25) is 5.91 Å². The molecule has 1 saturated heterocycles. The van der Waals surface area contributed by atoms with E-state index < -0.39 is 0 Å². The lowest BCUT2D eigenvalue weighted by molar-refractivity contribution is -0.144. The van der Waals surface area contributed by atoms with Crippen molar-refractivity contribution in [3.8, 4) is 0 Å². The molecular formula is C11H19NO3. The molecule has 0 N–H and O–H groups in total. The number of amides is 1. The van der Waals surface area contributed by atoms with E-state index >= 15 is 0 Å². The van der Waals surface area contributed by atoms with Crippen LogP contribution in [0.4, 0.5) is 0 Å². The monoisotopic (exact) mass is 213 g/mol. The lowest BCUT2D eigenvalue weighted by atomic mass is 10.0. The summed E-state index contributed by atoms with van der Waals surface area (Å²) >= 11 is 0. The third kappa shape index (κ3) is 3.63. The molecule has 1 heterocycles. The van der Waals surface area contributed by atoms with Crippen molar-refractivity contribution >= 4 is 11.7 Å². The molecular weight excluding hydrogens is 194 g/mol. The molecule has 0 saturated carbocycles. The highest BCUT2D eigenvalue weighted by molar-refractivity contribution is 6.00. The zero-order valence-corrected chi connectivity index (χ0v) is 9.87. The minimum absolute atomic E-state index is 0.0145. The molecule has 4 nitrogen and oxygen atoms in total. The molecule has 0 bridgehead atoms. The Morgan fingerprint density at radius 2 is 2.00 bits per heavy atom. The van der Waals surface area contributed by atoms with Crippen LogP contribution in [0.3, 0.4) is 0 Å². The first-order valence-electron chi connectivity index (χ1n) is 5.21. The lowest BCUT2D eigenvalue weighted by Crippen LogP contribution is -2.47. The molecule has 0 radical (unpaired) electrons. The van der Waals surface area contributed by atoms with Crippen molar-refractivity contribution in [2.24, 2.45) is 0 Å². The van der Waals surface area contributed by atoms with Crippen molar-refractivity contribution in [2.45, 2.75) is 45.3 Å². The van der Waals surface area contributed by atoms with Crippen molar-refractivity contribution in [1.29, 1.82) is 0 Å². The zero-order chi connectivity index (χ0) is 11.6. The number of Topliss-reactive ketones (excluding diaryl/α,β-unsaturated/α-hetero) is 1. The number of ether oxygens (including phenoxy) is 1. The summed E-state index contributed by atoms with van der Waals surface area (Å²) < 4.78 is 5.59. The van der Waals surface area contributed by atoms with E-state index in [1.165, 1.54) is 0 Å². The first-order valence-corrected chi connectivity index (χ1v) is 5.21. The minimum atomic E-state index is -0.232. The fourth-order valence-corrected chi connectivity index (χ4v) is 1.49. The number of rotatable bonds is 2. The summed E-state index contributed by atoms with van der Waals surface area (Å²) in [7, 11) is 1.73. The van der Waals surface area contributed by atoms with Gasteiger partial charge in [-0.3, -0.25) is 9.59 Å². The van der Waals surface area contributed by atoms with E-state index in [0.29, 0.717) is 13.0 Å². The average Bonchev–Trinajstić information content (AvgIpc) is 2.07. The lowest BCUT2D eigenvalue weighted by Gasteiger charge is -2.33. The topological polar surface area (TPSA) is 46.6 Å². The SMILES string of the molecule is CN1C(=O)CC(=O)CC1COC(C)(C)C. The van der Waals surface area contributed by atoms with Crippen LogP contribution in [0.25, 0.3) is 0 Å². The van der Waals surface area contributed by atoms with E-state index in [9.17, 15) is 9.59 Å². The Labute approximate surface area is 90.6 Å². The molecule has 15 heavy (non-hydrogen) atoms. The Hall–Kier alpha value is -0.900. The first kappa shape index (κ1) is 12.2. The summed E-state index contributed by atoms with van der Waals surface area (Å²) in [4.78, 5) is 24.3. The third-order valence-corrected chi connectivity index (χ3v) is 2.46. The van der Waals surface area contributed by atoms with Crippen LogP contribution in [0.15, 0.2) is 0 Å². The van der Waals surface area contributed by atoms with Crippen molar-refractivity contribution in [3.05, 3.63) is 0 Å². The number of hydrogen-bond donors (Lipinski definition) is 0. The summed E-state index contributed by atoms with van der Waals surface area (Å²) in [5.74, 6) is -0.0885. The third-order valence-electron chi connectivity index (χ3n) is 2.46. The molecule has 0 aromatic rings. The van der Waals surface area contributed by atoms with Crippen LogP contribution in [0.5, 0.6) is 0 Å². The molecule has 1 aliphatic rings. The van der Waals surface area contributed by atoms with Gasteiger partial charge in [0.25, 0.3) is 0 Å². The molecule has 1 amide bonds. The summed E-state index contributed by atoms with van der Waals surface area (Å²) in [6, 6.07) is -0.0991. The van der Waals surface area contributed by atoms with Crippen LogP contribution in [-0.4, -0.2) is 41.9 Å². The molecule has 1 unspecified atom stereocenters. The second-order valence-electron chi connectivity index (χ2n) is 5.00. The average molecular weight is 213 g/mol. The van der Waals surface area contributed by atoms with Crippen LogP contribution < -0.4 is 0 Å². The van der Waals surface area contributed by atoms with Crippen molar-refractivity contribution in [2.75, 3.05) is 13.7 Å². The molecule has 1 rings (SSSR count). The van der Waals surface area contributed by atoms with Gasteiger partial charge in [0.1, 0.15) is 5.78 Å². The predicted molar refractivity (Wildman–Crippen MR) is 56.5 cm³/mol. The smallest absolute Gasteiger partial charge is 0.230 e. The second-order valence-corrected chi connectivity index (χ2v) is 5.00. The number of nitrogens with zero attached hydrogens (tertiary/aromatic N) is 1. The van der Waals surface area contributed by atoms with Gasteiger partial charge < -0.3 is 9.64 Å². The molecule has 0 aromatic carbocycles. The normalized spacial score (nSPS) is 23.5. The quantitative estimate of drug-likeness (QED) is 0.643. The molecule has 1 aliphatic heterocycles. The van der Waals surface area contributed by atoms with E-state index in [0.717, 1.165) is 0 Å². The standard InChI is InChI=1S/C11H19NO3/c1-11(2,3)15-7-8-5-9(13)6-10(14)12(8)4/h8H,5-7H2,1-4H3. The summed E-state index contributed by atoms with van der Waals surface area (Å²) in [5, 5.41) is 0. The Kier molecular flexibility index (Phi) is 3.50. The zero-order valence-electron chi connectivity index (χ0n) is 9.87. The van der Waals surface area contributed by atoms with Gasteiger partial charge in [-0.05, 0) is 20.8 Å². The van der Waals surface area contributed by atoms with Gasteiger partial charge in [-0.25, -0.2) is 0 Å². The van der Waals surface area contributed by atoms with Crippen LogP contribution in [0.2, 0.25) is 0 Å². The Morgan fingerprint density at radius 3 is 2.53 bits per heavy atom. The predicted octanol–water partition coefficient (Wildman–Crippen LogP) is 0.991. The molecule has 4 heteroatoms. The number of ketones is 1. The summed E-state index contributed by atoms with van der Waals surface area (Å²) in [5.41, 5.74) is -0.232. The van der Waals surface area contributed by atoms with Crippen molar-refractivity contribution < 1.29 is 14.3 Å². The summed E-state index contributed by atoms with van der Waals surface area (Å²) in [6.07, 6.45) is 0.459. The summed E-state index contributed by atoms with van der Waals surface area (Å²) in [6.45, 7) is 6.30. The van der Waals surface area contributed by atoms with Gasteiger partial charge in [0.15, 0.2) is 0 Å². The van der Waals surface area contributed by atoms with E-state index in [1.807, 2.05) is 20.8 Å². The van der Waals surface area contributed by atoms with Gasteiger partial charge in [0.05, 0.1) is 24.7 Å². The molecule has 0 aromatic heterocycles. The number of piperidine rings is 1. The van der Waals surface area contributed by atoms with Gasteiger partial charge in [0, 0.05) is 13.5 Å². The fraction of sp³-hybridized carbons (Fsp3) is 0.818. The number of likely N-dealkylation sites (N-methyl/N-ethyl adjacent to an activating group) is 1. The second kappa shape index (κ2) is 4.31. The van der Waals surface area contributed by atoms with Gasteiger partial charge in [-0.15, -0.1) is 0 Å². The fourth-order valence-electron chi connectivity index (χ4n) is 1.49. The number of carbonyl (C=O) groups is 2. The highest BCUT2D eigenvalue weighted by atomic mass is 16.5. The van der Waals surface area contributed by atoms with Crippen LogP contribution in [0.1, 0.15) is 33.6 Å². The Bertz CT molecular complexity index is 267. The maximum Gasteiger partial charge on any atom is 0.230 e. The van der Waals surface area contributed by atoms with E-state index in [1.54, 1.807) is 11.9 Å². The van der Waals surface area contributed by atoms with Crippen LogP contribution in [-0.2, 0) is 14.3 Å². The minimum Gasteiger partial charge on any atom is -0.374 e. The van der Waals surface area contributed by atoms with E-state index in [2.05, 4.69) is 0 Å². The first-order chi connectivity index (χ1) is 6.79. The number of likely N-dealkylation sites (tertiary alicyclic amines) is 1. The molecule has 0 spiro atoms.